The Labute approximate surface area is 124 Å². The van der Waals surface area contributed by atoms with Crippen molar-refractivity contribution in [3.63, 3.8) is 0 Å². The lowest BCUT2D eigenvalue weighted by atomic mass is 10.1. The van der Waals surface area contributed by atoms with Gasteiger partial charge >= 0.3 is 6.03 Å². The maximum absolute atomic E-state index is 10.8. The van der Waals surface area contributed by atoms with Crippen molar-refractivity contribution >= 4 is 11.7 Å². The van der Waals surface area contributed by atoms with E-state index < -0.39 is 6.03 Å². The predicted molar refractivity (Wildman–Crippen MR) is 82.8 cm³/mol. The first-order chi connectivity index (χ1) is 10.1. The monoisotopic (exact) mass is 287 g/mol. The number of amides is 2. The largest absolute Gasteiger partial charge is 0.351 e. The number of hydrogen-bond acceptors (Lipinski definition) is 3. The van der Waals surface area contributed by atoms with Gasteiger partial charge in [0.1, 0.15) is 0 Å². The standard InChI is InChI=1S/C15H21N5O/c1-3-20-14(8-9-18-20)10-17-11(2)12-4-6-13(7-5-12)19-15(16)21/h4-9,11,17H,3,10H2,1-2H3,(H3,16,19,21). The molecule has 0 aliphatic rings. The lowest BCUT2D eigenvalue weighted by molar-refractivity contribution is 0.259. The molecule has 1 atom stereocenters. The fourth-order valence-electron chi connectivity index (χ4n) is 2.17. The van der Waals surface area contributed by atoms with Crippen LogP contribution in [-0.2, 0) is 13.1 Å². The molecule has 1 unspecified atom stereocenters. The quantitative estimate of drug-likeness (QED) is 0.761. The average Bonchev–Trinajstić information content (AvgIpc) is 2.92. The van der Waals surface area contributed by atoms with E-state index in [1.54, 1.807) is 0 Å². The third-order valence-electron chi connectivity index (χ3n) is 3.37. The lowest BCUT2D eigenvalue weighted by Gasteiger charge is -2.15. The van der Waals surface area contributed by atoms with Crippen LogP contribution in [0.3, 0.4) is 0 Å². The second-order valence-electron chi connectivity index (χ2n) is 4.85. The zero-order chi connectivity index (χ0) is 15.2. The fraction of sp³-hybridized carbons (Fsp3) is 0.333. The summed E-state index contributed by atoms with van der Waals surface area (Å²) in [6.07, 6.45) is 1.81. The van der Waals surface area contributed by atoms with E-state index in [-0.39, 0.29) is 6.04 Å². The highest BCUT2D eigenvalue weighted by molar-refractivity contribution is 5.87. The van der Waals surface area contributed by atoms with Gasteiger partial charge < -0.3 is 16.4 Å². The molecule has 0 saturated carbocycles. The summed E-state index contributed by atoms with van der Waals surface area (Å²) in [7, 11) is 0. The summed E-state index contributed by atoms with van der Waals surface area (Å²) in [5.41, 5.74) is 8.09. The number of aryl methyl sites for hydroxylation is 1. The molecule has 2 aromatic rings. The zero-order valence-corrected chi connectivity index (χ0v) is 12.3. The molecule has 0 spiro atoms. The summed E-state index contributed by atoms with van der Waals surface area (Å²) in [6.45, 7) is 5.80. The summed E-state index contributed by atoms with van der Waals surface area (Å²) >= 11 is 0. The van der Waals surface area contributed by atoms with Gasteiger partial charge in [-0.3, -0.25) is 4.68 Å². The Bertz CT molecular complexity index is 590. The number of primary amides is 1. The molecule has 0 fully saturated rings. The maximum atomic E-state index is 10.8. The first kappa shape index (κ1) is 15.1. The van der Waals surface area contributed by atoms with Crippen LogP contribution in [0.1, 0.15) is 31.1 Å². The Hall–Kier alpha value is -2.34. The van der Waals surface area contributed by atoms with E-state index in [2.05, 4.69) is 29.6 Å². The van der Waals surface area contributed by atoms with E-state index in [1.807, 2.05) is 41.2 Å². The van der Waals surface area contributed by atoms with Gasteiger partial charge in [0, 0.05) is 31.0 Å². The third-order valence-corrected chi connectivity index (χ3v) is 3.37. The molecule has 0 bridgehead atoms. The van der Waals surface area contributed by atoms with Crippen LogP contribution in [0.4, 0.5) is 10.5 Å². The fourth-order valence-corrected chi connectivity index (χ4v) is 2.17. The highest BCUT2D eigenvalue weighted by Crippen LogP contribution is 2.16. The molecule has 6 nitrogen and oxygen atoms in total. The number of nitrogens with zero attached hydrogens (tertiary/aromatic N) is 2. The van der Waals surface area contributed by atoms with Crippen molar-refractivity contribution in [3.8, 4) is 0 Å². The molecular weight excluding hydrogens is 266 g/mol. The number of carbonyl (C=O) groups excluding carboxylic acids is 1. The van der Waals surface area contributed by atoms with Gasteiger partial charge in [-0.15, -0.1) is 0 Å². The molecule has 0 saturated heterocycles. The minimum atomic E-state index is -0.554. The van der Waals surface area contributed by atoms with Crippen LogP contribution in [-0.4, -0.2) is 15.8 Å². The summed E-state index contributed by atoms with van der Waals surface area (Å²) in [5.74, 6) is 0. The van der Waals surface area contributed by atoms with Gasteiger partial charge in [0.05, 0.1) is 5.69 Å². The van der Waals surface area contributed by atoms with Gasteiger partial charge in [0.25, 0.3) is 0 Å². The number of carbonyl (C=O) groups is 1. The van der Waals surface area contributed by atoms with Gasteiger partial charge in [0.2, 0.25) is 0 Å². The van der Waals surface area contributed by atoms with E-state index in [1.165, 1.54) is 0 Å². The molecule has 112 valence electrons. The molecule has 21 heavy (non-hydrogen) atoms. The van der Waals surface area contributed by atoms with E-state index in [0.29, 0.717) is 5.69 Å². The molecule has 0 radical (unpaired) electrons. The van der Waals surface area contributed by atoms with E-state index in [4.69, 9.17) is 5.73 Å². The van der Waals surface area contributed by atoms with Crippen molar-refractivity contribution in [1.82, 2.24) is 15.1 Å². The summed E-state index contributed by atoms with van der Waals surface area (Å²) in [5, 5.41) is 10.3. The number of benzene rings is 1. The highest BCUT2D eigenvalue weighted by Gasteiger charge is 2.07. The minimum Gasteiger partial charge on any atom is -0.351 e. The second-order valence-corrected chi connectivity index (χ2v) is 4.85. The van der Waals surface area contributed by atoms with Crippen molar-refractivity contribution in [2.24, 2.45) is 5.73 Å². The van der Waals surface area contributed by atoms with Crippen LogP contribution in [0.5, 0.6) is 0 Å². The van der Waals surface area contributed by atoms with Gasteiger partial charge in [0.15, 0.2) is 0 Å². The van der Waals surface area contributed by atoms with Crippen LogP contribution in [0.15, 0.2) is 36.5 Å². The van der Waals surface area contributed by atoms with Crippen molar-refractivity contribution in [3.05, 3.63) is 47.8 Å². The Morgan fingerprint density at radius 3 is 2.67 bits per heavy atom. The number of urea groups is 1. The van der Waals surface area contributed by atoms with E-state index >= 15 is 0 Å². The van der Waals surface area contributed by atoms with Gasteiger partial charge in [-0.25, -0.2) is 4.79 Å². The van der Waals surface area contributed by atoms with Gasteiger partial charge in [-0.2, -0.15) is 5.10 Å². The molecule has 1 aromatic carbocycles. The number of hydrogen-bond donors (Lipinski definition) is 3. The van der Waals surface area contributed by atoms with Crippen molar-refractivity contribution in [2.45, 2.75) is 33.0 Å². The van der Waals surface area contributed by atoms with E-state index in [9.17, 15) is 4.79 Å². The van der Waals surface area contributed by atoms with Crippen molar-refractivity contribution in [2.75, 3.05) is 5.32 Å². The molecule has 1 aromatic heterocycles. The molecule has 2 rings (SSSR count). The number of aromatic nitrogens is 2. The number of rotatable bonds is 6. The number of anilines is 1. The molecular formula is C15H21N5O. The first-order valence-corrected chi connectivity index (χ1v) is 7.00. The lowest BCUT2D eigenvalue weighted by Crippen LogP contribution is -2.21. The first-order valence-electron chi connectivity index (χ1n) is 7.00. The van der Waals surface area contributed by atoms with Crippen LogP contribution in [0.25, 0.3) is 0 Å². The van der Waals surface area contributed by atoms with Crippen LogP contribution in [0.2, 0.25) is 0 Å². The molecule has 0 aliphatic heterocycles. The smallest absolute Gasteiger partial charge is 0.316 e. The molecule has 6 heteroatoms. The predicted octanol–water partition coefficient (Wildman–Crippen LogP) is 2.24. The van der Waals surface area contributed by atoms with Crippen molar-refractivity contribution < 1.29 is 4.79 Å². The number of nitrogens with two attached hydrogens (primary N) is 1. The molecule has 2 amide bonds. The Morgan fingerprint density at radius 2 is 2.05 bits per heavy atom. The Kier molecular flexibility index (Phi) is 4.94. The average molecular weight is 287 g/mol. The molecule has 1 heterocycles. The Morgan fingerprint density at radius 1 is 1.33 bits per heavy atom. The Balaban J connectivity index is 1.94. The second kappa shape index (κ2) is 6.90. The van der Waals surface area contributed by atoms with Crippen molar-refractivity contribution in [1.29, 1.82) is 0 Å². The SMILES string of the molecule is CCn1nccc1CNC(C)c1ccc(NC(N)=O)cc1. The summed E-state index contributed by atoms with van der Waals surface area (Å²) in [4.78, 5) is 10.8. The third kappa shape index (κ3) is 4.06. The topological polar surface area (TPSA) is 85.0 Å². The van der Waals surface area contributed by atoms with Gasteiger partial charge in [-0.1, -0.05) is 12.1 Å². The molecule has 0 aliphatic carbocycles. The number of nitrogens with one attached hydrogen (secondary N) is 2. The van der Waals surface area contributed by atoms with Crippen LogP contribution < -0.4 is 16.4 Å². The summed E-state index contributed by atoms with van der Waals surface area (Å²) < 4.78 is 1.97. The normalized spacial score (nSPS) is 12.1. The molecule has 4 N–H and O–H groups in total. The zero-order valence-electron chi connectivity index (χ0n) is 12.3. The van der Waals surface area contributed by atoms with Gasteiger partial charge in [-0.05, 0) is 37.6 Å². The minimum absolute atomic E-state index is 0.202. The maximum Gasteiger partial charge on any atom is 0.316 e. The van der Waals surface area contributed by atoms with Crippen LogP contribution in [0, 0.1) is 0 Å². The van der Waals surface area contributed by atoms with E-state index in [0.717, 1.165) is 24.3 Å². The van der Waals surface area contributed by atoms with Crippen LogP contribution >= 0.6 is 0 Å². The summed E-state index contributed by atoms with van der Waals surface area (Å²) in [6, 6.07) is 9.29. The highest BCUT2D eigenvalue weighted by atomic mass is 16.2.